The molecule has 0 aliphatic carbocycles. The van der Waals surface area contributed by atoms with E-state index < -0.39 is 0 Å². The molecule has 0 amide bonds. The van der Waals surface area contributed by atoms with Crippen molar-refractivity contribution in [2.24, 2.45) is 0 Å². The van der Waals surface area contributed by atoms with Gasteiger partial charge in [0, 0.05) is 19.6 Å². The molecule has 1 aliphatic rings. The van der Waals surface area contributed by atoms with Crippen LogP contribution in [0.5, 0.6) is 5.75 Å². The van der Waals surface area contributed by atoms with Crippen molar-refractivity contribution in [1.82, 2.24) is 24.4 Å². The number of imidazole rings is 1. The number of anilines is 2. The van der Waals surface area contributed by atoms with Gasteiger partial charge in [0.25, 0.3) is 0 Å². The first-order chi connectivity index (χ1) is 14.2. The Hall–Kier alpha value is -3.48. The maximum Gasteiger partial charge on any atom is 0.158 e. The maximum atomic E-state index is 8.80. The standard InChI is InChI=1S/C20H21N7O2/c1-28-18-8-15(12-26-4-6-29-7-5-26)2-3-17(18)27-13-20(24-14-27)25-19-11-22-16(9-21)10-23-19/h2-3,8,10-11,13-14H,4-7,12H2,1H3,(H,23,25). The van der Waals surface area contributed by atoms with Crippen molar-refractivity contribution >= 4 is 11.6 Å². The fourth-order valence-electron chi connectivity index (χ4n) is 3.15. The van der Waals surface area contributed by atoms with Crippen molar-refractivity contribution in [3.63, 3.8) is 0 Å². The van der Waals surface area contributed by atoms with Gasteiger partial charge in [-0.2, -0.15) is 5.26 Å². The number of hydrogen-bond donors (Lipinski definition) is 1. The number of morpholine rings is 1. The molecule has 0 radical (unpaired) electrons. The highest BCUT2D eigenvalue weighted by atomic mass is 16.5. The molecule has 1 aliphatic heterocycles. The highest BCUT2D eigenvalue weighted by molar-refractivity contribution is 5.54. The Morgan fingerprint density at radius 1 is 1.17 bits per heavy atom. The normalized spacial score (nSPS) is 14.3. The Morgan fingerprint density at radius 3 is 2.76 bits per heavy atom. The number of nitrogens with zero attached hydrogens (tertiary/aromatic N) is 6. The molecule has 3 aromatic rings. The van der Waals surface area contributed by atoms with Crippen LogP contribution in [0.3, 0.4) is 0 Å². The highest BCUT2D eigenvalue weighted by Crippen LogP contribution is 2.26. The van der Waals surface area contributed by atoms with Crippen molar-refractivity contribution in [1.29, 1.82) is 5.26 Å². The van der Waals surface area contributed by atoms with Crippen LogP contribution in [-0.2, 0) is 11.3 Å². The van der Waals surface area contributed by atoms with Crippen molar-refractivity contribution in [3.05, 3.63) is 54.4 Å². The zero-order valence-electron chi connectivity index (χ0n) is 16.1. The summed E-state index contributed by atoms with van der Waals surface area (Å²) in [5.74, 6) is 1.91. The van der Waals surface area contributed by atoms with E-state index >= 15 is 0 Å². The maximum absolute atomic E-state index is 8.80. The van der Waals surface area contributed by atoms with Crippen LogP contribution in [0.15, 0.2) is 43.1 Å². The lowest BCUT2D eigenvalue weighted by Gasteiger charge is -2.26. The van der Waals surface area contributed by atoms with Gasteiger partial charge in [0.05, 0.1) is 44.6 Å². The third-order valence-electron chi connectivity index (χ3n) is 4.64. The van der Waals surface area contributed by atoms with E-state index in [-0.39, 0.29) is 5.69 Å². The number of hydrogen-bond acceptors (Lipinski definition) is 8. The quantitative estimate of drug-likeness (QED) is 0.682. The van der Waals surface area contributed by atoms with Crippen LogP contribution in [0, 0.1) is 11.3 Å². The van der Waals surface area contributed by atoms with Crippen molar-refractivity contribution in [3.8, 4) is 17.5 Å². The minimum atomic E-state index is 0.267. The van der Waals surface area contributed by atoms with Gasteiger partial charge in [-0.05, 0) is 17.7 Å². The van der Waals surface area contributed by atoms with Crippen molar-refractivity contribution in [2.75, 3.05) is 38.7 Å². The van der Waals surface area contributed by atoms with Gasteiger partial charge < -0.3 is 19.4 Å². The minimum absolute atomic E-state index is 0.267. The fraction of sp³-hybridized carbons (Fsp3) is 0.300. The monoisotopic (exact) mass is 391 g/mol. The zero-order chi connectivity index (χ0) is 20.1. The van der Waals surface area contributed by atoms with E-state index in [1.165, 1.54) is 18.0 Å². The van der Waals surface area contributed by atoms with Gasteiger partial charge in [0.1, 0.15) is 29.8 Å². The third kappa shape index (κ3) is 4.51. The average Bonchev–Trinajstić information content (AvgIpc) is 3.23. The Kier molecular flexibility index (Phi) is 5.65. The molecule has 0 saturated carbocycles. The van der Waals surface area contributed by atoms with Gasteiger partial charge in [-0.1, -0.05) is 6.07 Å². The van der Waals surface area contributed by atoms with Gasteiger partial charge >= 0.3 is 0 Å². The first kappa shape index (κ1) is 18.9. The van der Waals surface area contributed by atoms with E-state index in [1.807, 2.05) is 22.9 Å². The summed E-state index contributed by atoms with van der Waals surface area (Å²) in [6.07, 6.45) is 6.46. The summed E-state index contributed by atoms with van der Waals surface area (Å²) in [7, 11) is 1.67. The molecule has 0 unspecified atom stereocenters. The van der Waals surface area contributed by atoms with Crippen LogP contribution < -0.4 is 10.1 Å². The van der Waals surface area contributed by atoms with Gasteiger partial charge in [-0.3, -0.25) is 4.90 Å². The van der Waals surface area contributed by atoms with Crippen molar-refractivity contribution in [2.45, 2.75) is 6.54 Å². The molecule has 1 fully saturated rings. The smallest absolute Gasteiger partial charge is 0.158 e. The summed E-state index contributed by atoms with van der Waals surface area (Å²) in [5, 5.41) is 11.9. The summed E-state index contributed by atoms with van der Waals surface area (Å²) in [6, 6.07) is 8.13. The number of methoxy groups -OCH3 is 1. The summed E-state index contributed by atoms with van der Waals surface area (Å²) in [5.41, 5.74) is 2.35. The molecule has 9 nitrogen and oxygen atoms in total. The van der Waals surface area contributed by atoms with Crippen LogP contribution in [0.2, 0.25) is 0 Å². The Labute approximate surface area is 168 Å². The third-order valence-corrected chi connectivity index (χ3v) is 4.64. The average molecular weight is 391 g/mol. The van der Waals surface area contributed by atoms with E-state index in [4.69, 9.17) is 14.7 Å². The minimum Gasteiger partial charge on any atom is -0.495 e. The summed E-state index contributed by atoms with van der Waals surface area (Å²) in [4.78, 5) is 14.9. The lowest BCUT2D eigenvalue weighted by Crippen LogP contribution is -2.35. The second-order valence-electron chi connectivity index (χ2n) is 6.58. The number of ether oxygens (including phenoxy) is 2. The van der Waals surface area contributed by atoms with Gasteiger partial charge in [-0.25, -0.2) is 15.0 Å². The van der Waals surface area contributed by atoms with Crippen molar-refractivity contribution < 1.29 is 9.47 Å². The zero-order valence-corrected chi connectivity index (χ0v) is 16.1. The van der Waals surface area contributed by atoms with Gasteiger partial charge in [0.2, 0.25) is 0 Å². The number of rotatable bonds is 6. The molecule has 4 rings (SSSR count). The van der Waals surface area contributed by atoms with Crippen LogP contribution in [-0.4, -0.2) is 57.8 Å². The summed E-state index contributed by atoms with van der Waals surface area (Å²) in [6.45, 7) is 4.32. The van der Waals surface area contributed by atoms with E-state index in [0.29, 0.717) is 11.6 Å². The molecule has 2 aromatic heterocycles. The molecule has 0 spiro atoms. The largest absolute Gasteiger partial charge is 0.495 e. The second kappa shape index (κ2) is 8.68. The predicted molar refractivity (Wildman–Crippen MR) is 106 cm³/mol. The highest BCUT2D eigenvalue weighted by Gasteiger charge is 2.13. The molecule has 29 heavy (non-hydrogen) atoms. The van der Waals surface area contributed by atoms with E-state index in [2.05, 4.69) is 37.3 Å². The van der Waals surface area contributed by atoms with E-state index in [0.717, 1.165) is 44.3 Å². The second-order valence-corrected chi connectivity index (χ2v) is 6.58. The van der Waals surface area contributed by atoms with Crippen LogP contribution in [0.4, 0.5) is 11.6 Å². The number of benzene rings is 1. The first-order valence-electron chi connectivity index (χ1n) is 9.26. The predicted octanol–water partition coefficient (Wildman–Crippen LogP) is 2.12. The first-order valence-corrected chi connectivity index (χ1v) is 9.26. The molecule has 148 valence electrons. The fourth-order valence-corrected chi connectivity index (χ4v) is 3.15. The summed E-state index contributed by atoms with van der Waals surface area (Å²) >= 11 is 0. The molecule has 1 saturated heterocycles. The lowest BCUT2D eigenvalue weighted by atomic mass is 10.1. The molecule has 3 heterocycles. The molecular weight excluding hydrogens is 370 g/mol. The SMILES string of the molecule is COc1cc(CN2CCOCC2)ccc1-n1cnc(Nc2cnc(C#N)cn2)c1. The molecule has 1 N–H and O–H groups in total. The molecule has 0 bridgehead atoms. The van der Waals surface area contributed by atoms with E-state index in [1.54, 1.807) is 13.4 Å². The number of nitriles is 1. The Balaban J connectivity index is 1.49. The lowest BCUT2D eigenvalue weighted by molar-refractivity contribution is 0.0341. The Bertz CT molecular complexity index is 1000. The molecule has 9 heteroatoms. The molecule has 1 aromatic carbocycles. The van der Waals surface area contributed by atoms with Gasteiger partial charge in [-0.15, -0.1) is 0 Å². The van der Waals surface area contributed by atoms with Crippen LogP contribution >= 0.6 is 0 Å². The van der Waals surface area contributed by atoms with Crippen LogP contribution in [0.1, 0.15) is 11.3 Å². The summed E-state index contributed by atoms with van der Waals surface area (Å²) < 4.78 is 12.9. The Morgan fingerprint density at radius 2 is 2.03 bits per heavy atom. The topological polar surface area (TPSA) is 101 Å². The van der Waals surface area contributed by atoms with Crippen LogP contribution in [0.25, 0.3) is 5.69 Å². The van der Waals surface area contributed by atoms with Gasteiger partial charge in [0.15, 0.2) is 5.69 Å². The number of aromatic nitrogens is 4. The number of nitrogens with one attached hydrogen (secondary N) is 1. The van der Waals surface area contributed by atoms with E-state index in [9.17, 15) is 0 Å². The molecule has 0 atom stereocenters. The molecular formula is C20H21N7O2.